The predicted octanol–water partition coefficient (Wildman–Crippen LogP) is 3.93. The maximum atomic E-state index is 12.0. The maximum absolute atomic E-state index is 12.0. The number of fused-ring (bicyclic) bond motifs is 1. The first-order valence-electron chi connectivity index (χ1n) is 7.86. The monoisotopic (exact) mass is 337 g/mol. The number of carbonyl (C=O) groups excluding carboxylic acids is 1. The molecule has 25 heavy (non-hydrogen) atoms. The minimum atomic E-state index is -0.337. The molecule has 0 radical (unpaired) electrons. The Morgan fingerprint density at radius 1 is 1.12 bits per heavy atom. The van der Waals surface area contributed by atoms with Gasteiger partial charge in [0.1, 0.15) is 11.4 Å². The number of anilines is 1. The van der Waals surface area contributed by atoms with Crippen LogP contribution in [0.1, 0.15) is 25.0 Å². The van der Waals surface area contributed by atoms with Crippen molar-refractivity contribution in [2.75, 3.05) is 5.32 Å². The zero-order valence-corrected chi connectivity index (χ0v) is 14.0. The van der Waals surface area contributed by atoms with E-state index >= 15 is 0 Å². The molecule has 0 aliphatic carbocycles. The lowest BCUT2D eigenvalue weighted by molar-refractivity contribution is -0.111. The van der Waals surface area contributed by atoms with E-state index in [-0.39, 0.29) is 23.0 Å². The first-order valence-corrected chi connectivity index (χ1v) is 7.86. The van der Waals surface area contributed by atoms with Crippen molar-refractivity contribution < 1.29 is 19.7 Å². The fraction of sp³-hybridized carbons (Fsp3) is 0.150. The van der Waals surface area contributed by atoms with Crippen LogP contribution in [0.25, 0.3) is 12.2 Å². The van der Waals surface area contributed by atoms with E-state index in [1.165, 1.54) is 18.2 Å². The normalized spacial score (nSPS) is 14.8. The molecule has 1 aliphatic heterocycles. The van der Waals surface area contributed by atoms with Crippen LogP contribution in [0.15, 0.2) is 48.6 Å². The van der Waals surface area contributed by atoms with Crippen LogP contribution >= 0.6 is 0 Å². The third-order valence-corrected chi connectivity index (χ3v) is 3.74. The van der Waals surface area contributed by atoms with Gasteiger partial charge in [-0.2, -0.15) is 0 Å². The molecule has 2 aromatic carbocycles. The van der Waals surface area contributed by atoms with E-state index in [4.69, 9.17) is 4.74 Å². The van der Waals surface area contributed by atoms with Gasteiger partial charge in [0.15, 0.2) is 11.5 Å². The molecule has 3 N–H and O–H groups in total. The number of carbonyl (C=O) groups is 1. The molecule has 1 amide bonds. The zero-order valence-electron chi connectivity index (χ0n) is 14.0. The molecule has 0 atom stereocenters. The first-order chi connectivity index (χ1) is 11.8. The van der Waals surface area contributed by atoms with E-state index in [9.17, 15) is 15.0 Å². The van der Waals surface area contributed by atoms with Crippen molar-refractivity contribution in [2.45, 2.75) is 19.4 Å². The zero-order chi connectivity index (χ0) is 18.0. The second kappa shape index (κ2) is 6.36. The third-order valence-electron chi connectivity index (χ3n) is 3.74. The molecule has 0 spiro atoms. The van der Waals surface area contributed by atoms with E-state index in [0.717, 1.165) is 11.3 Å². The highest BCUT2D eigenvalue weighted by atomic mass is 16.5. The summed E-state index contributed by atoms with van der Waals surface area (Å²) in [6.07, 6.45) is 6.86. The topological polar surface area (TPSA) is 78.8 Å². The molecule has 3 rings (SSSR count). The number of rotatable bonds is 3. The molecular formula is C20H19NO4. The molecule has 0 bridgehead atoms. The van der Waals surface area contributed by atoms with Crippen LogP contribution in [0.5, 0.6) is 17.2 Å². The molecule has 1 aliphatic rings. The molecular weight excluding hydrogens is 318 g/mol. The third kappa shape index (κ3) is 4.01. The molecule has 2 aromatic rings. The van der Waals surface area contributed by atoms with Crippen LogP contribution in [0.4, 0.5) is 5.69 Å². The van der Waals surface area contributed by atoms with Crippen molar-refractivity contribution in [2.24, 2.45) is 0 Å². The van der Waals surface area contributed by atoms with Crippen molar-refractivity contribution in [3.8, 4) is 17.2 Å². The summed E-state index contributed by atoms with van der Waals surface area (Å²) in [6, 6.07) is 9.80. The fourth-order valence-corrected chi connectivity index (χ4v) is 2.46. The number of hydrogen-bond donors (Lipinski definition) is 3. The van der Waals surface area contributed by atoms with Crippen LogP contribution in [0.3, 0.4) is 0 Å². The number of phenols is 2. The van der Waals surface area contributed by atoms with Gasteiger partial charge in [-0.05, 0) is 61.9 Å². The van der Waals surface area contributed by atoms with Crippen molar-refractivity contribution in [3.05, 3.63) is 59.7 Å². The Morgan fingerprint density at radius 2 is 1.92 bits per heavy atom. The Bertz CT molecular complexity index is 881. The Labute approximate surface area is 145 Å². The van der Waals surface area contributed by atoms with Gasteiger partial charge in [0, 0.05) is 17.3 Å². The van der Waals surface area contributed by atoms with E-state index in [2.05, 4.69) is 5.32 Å². The average molecular weight is 337 g/mol. The van der Waals surface area contributed by atoms with Gasteiger partial charge in [0.2, 0.25) is 5.91 Å². The van der Waals surface area contributed by atoms with Crippen molar-refractivity contribution in [1.82, 2.24) is 0 Å². The van der Waals surface area contributed by atoms with Gasteiger partial charge in [0.25, 0.3) is 0 Å². The quantitative estimate of drug-likeness (QED) is 0.586. The fourth-order valence-electron chi connectivity index (χ4n) is 2.46. The SMILES string of the molecule is CC1(C)C=Cc2cc(NC(=O)/C=C/c3ccc(O)c(O)c3)ccc2O1. The van der Waals surface area contributed by atoms with Gasteiger partial charge in [-0.25, -0.2) is 0 Å². The maximum Gasteiger partial charge on any atom is 0.248 e. The van der Waals surface area contributed by atoms with Crippen molar-refractivity contribution >= 4 is 23.7 Å². The smallest absolute Gasteiger partial charge is 0.248 e. The van der Waals surface area contributed by atoms with Gasteiger partial charge in [-0.3, -0.25) is 4.79 Å². The number of ether oxygens (including phenoxy) is 1. The molecule has 128 valence electrons. The van der Waals surface area contributed by atoms with E-state index in [0.29, 0.717) is 11.3 Å². The lowest BCUT2D eigenvalue weighted by atomic mass is 10.0. The predicted molar refractivity (Wildman–Crippen MR) is 97.6 cm³/mol. The summed E-state index contributed by atoms with van der Waals surface area (Å²) in [5.41, 5.74) is 1.84. The number of benzene rings is 2. The summed E-state index contributed by atoms with van der Waals surface area (Å²) < 4.78 is 5.85. The summed E-state index contributed by atoms with van der Waals surface area (Å²) in [5, 5.41) is 21.5. The van der Waals surface area contributed by atoms with Crippen LogP contribution in [0, 0.1) is 0 Å². The first kappa shape index (κ1) is 16.6. The summed E-state index contributed by atoms with van der Waals surface area (Å²) in [4.78, 5) is 12.0. The van der Waals surface area contributed by atoms with Gasteiger partial charge in [-0.15, -0.1) is 0 Å². The number of amides is 1. The molecule has 5 nitrogen and oxygen atoms in total. The van der Waals surface area contributed by atoms with Gasteiger partial charge in [0.05, 0.1) is 0 Å². The molecule has 0 fully saturated rings. The van der Waals surface area contributed by atoms with Crippen LogP contribution in [-0.2, 0) is 4.79 Å². The minimum absolute atomic E-state index is 0.200. The lowest BCUT2D eigenvalue weighted by Gasteiger charge is -2.28. The number of nitrogens with one attached hydrogen (secondary N) is 1. The van der Waals surface area contributed by atoms with Gasteiger partial charge < -0.3 is 20.3 Å². The molecule has 5 heteroatoms. The van der Waals surface area contributed by atoms with Gasteiger partial charge >= 0.3 is 0 Å². The average Bonchev–Trinajstić information content (AvgIpc) is 2.55. The van der Waals surface area contributed by atoms with Crippen LogP contribution in [-0.4, -0.2) is 21.7 Å². The van der Waals surface area contributed by atoms with Crippen molar-refractivity contribution in [3.63, 3.8) is 0 Å². The Hall–Kier alpha value is -3.21. The number of aromatic hydroxyl groups is 2. The Morgan fingerprint density at radius 3 is 2.68 bits per heavy atom. The molecule has 0 unspecified atom stereocenters. The summed E-state index contributed by atoms with van der Waals surface area (Å²) in [7, 11) is 0. The summed E-state index contributed by atoms with van der Waals surface area (Å²) in [5.74, 6) is 0.0511. The molecule has 0 saturated heterocycles. The minimum Gasteiger partial charge on any atom is -0.504 e. The Kier molecular flexibility index (Phi) is 4.23. The highest BCUT2D eigenvalue weighted by Gasteiger charge is 2.21. The second-order valence-electron chi connectivity index (χ2n) is 6.36. The van der Waals surface area contributed by atoms with Crippen molar-refractivity contribution in [1.29, 1.82) is 0 Å². The van der Waals surface area contributed by atoms with Crippen LogP contribution in [0.2, 0.25) is 0 Å². The van der Waals surface area contributed by atoms with Gasteiger partial charge in [-0.1, -0.05) is 12.1 Å². The standard InChI is InChI=1S/C20H19NO4/c1-20(2)10-9-14-12-15(5-7-18(14)25-20)21-19(24)8-4-13-3-6-16(22)17(23)11-13/h3-12,22-23H,1-2H3,(H,21,24)/b8-4+. The molecule has 0 aromatic heterocycles. The summed E-state index contributed by atoms with van der Waals surface area (Å²) >= 11 is 0. The second-order valence-corrected chi connectivity index (χ2v) is 6.36. The summed E-state index contributed by atoms with van der Waals surface area (Å²) in [6.45, 7) is 3.96. The van der Waals surface area contributed by atoms with E-state index in [1.54, 1.807) is 18.2 Å². The highest BCUT2D eigenvalue weighted by Crippen LogP contribution is 2.32. The highest BCUT2D eigenvalue weighted by molar-refractivity contribution is 6.02. The number of hydrogen-bond acceptors (Lipinski definition) is 4. The van der Waals surface area contributed by atoms with Crippen LogP contribution < -0.4 is 10.1 Å². The largest absolute Gasteiger partial charge is 0.504 e. The molecule has 1 heterocycles. The molecule has 0 saturated carbocycles. The Balaban J connectivity index is 1.69. The number of phenolic OH excluding ortho intramolecular Hbond substituents is 2. The van der Waals surface area contributed by atoms with E-state index in [1.807, 2.05) is 38.1 Å². The van der Waals surface area contributed by atoms with E-state index < -0.39 is 0 Å². The lowest BCUT2D eigenvalue weighted by Crippen LogP contribution is -2.27.